The van der Waals surface area contributed by atoms with E-state index >= 15 is 0 Å². The maximum absolute atomic E-state index is 12.6. The molecule has 24 heavy (non-hydrogen) atoms. The zero-order valence-corrected chi connectivity index (χ0v) is 14.3. The number of nitrogens with one attached hydrogen (secondary N) is 1. The van der Waals surface area contributed by atoms with Gasteiger partial charge in [0.05, 0.1) is 11.4 Å². The topological polar surface area (TPSA) is 47.4 Å². The molecule has 122 valence electrons. The van der Waals surface area contributed by atoms with Crippen molar-refractivity contribution in [2.45, 2.75) is 13.1 Å². The SMILES string of the molecule is CN(C=C1SC(=N)N(Cc2ccccc2)C1=O)Cc1ccccc1. The molecule has 1 fully saturated rings. The van der Waals surface area contributed by atoms with Crippen molar-refractivity contribution < 1.29 is 4.79 Å². The standard InChI is InChI=1S/C19H19N3OS/c1-21(12-15-8-4-2-5-9-15)14-17-18(23)22(19(20)24-17)13-16-10-6-3-7-11-16/h2-11,14,20H,12-13H2,1H3. The summed E-state index contributed by atoms with van der Waals surface area (Å²) >= 11 is 1.22. The lowest BCUT2D eigenvalue weighted by Crippen LogP contribution is -2.28. The summed E-state index contributed by atoms with van der Waals surface area (Å²) in [5.74, 6) is -0.103. The summed E-state index contributed by atoms with van der Waals surface area (Å²) in [7, 11) is 1.94. The van der Waals surface area contributed by atoms with E-state index in [1.54, 1.807) is 0 Å². The predicted octanol–water partition coefficient (Wildman–Crippen LogP) is 3.67. The summed E-state index contributed by atoms with van der Waals surface area (Å²) < 4.78 is 0. The second-order valence-corrected chi connectivity index (χ2v) is 6.71. The van der Waals surface area contributed by atoms with Crippen molar-refractivity contribution in [3.63, 3.8) is 0 Å². The molecule has 2 aromatic rings. The van der Waals surface area contributed by atoms with Gasteiger partial charge in [-0.1, -0.05) is 60.7 Å². The molecule has 3 rings (SSSR count). The first kappa shape index (κ1) is 16.3. The predicted molar refractivity (Wildman–Crippen MR) is 98.3 cm³/mol. The van der Waals surface area contributed by atoms with Crippen LogP contribution in [0.5, 0.6) is 0 Å². The minimum atomic E-state index is -0.103. The zero-order chi connectivity index (χ0) is 16.9. The highest BCUT2D eigenvalue weighted by atomic mass is 32.2. The second kappa shape index (κ2) is 7.36. The Morgan fingerprint density at radius 2 is 1.62 bits per heavy atom. The Morgan fingerprint density at radius 1 is 1.04 bits per heavy atom. The van der Waals surface area contributed by atoms with Gasteiger partial charge in [0.1, 0.15) is 0 Å². The molecule has 1 heterocycles. The van der Waals surface area contributed by atoms with Crippen LogP contribution in [0.4, 0.5) is 0 Å². The van der Waals surface area contributed by atoms with Gasteiger partial charge in [0, 0.05) is 19.8 Å². The third kappa shape index (κ3) is 3.86. The highest BCUT2D eigenvalue weighted by Gasteiger charge is 2.32. The van der Waals surface area contributed by atoms with E-state index in [0.29, 0.717) is 11.4 Å². The third-order valence-electron chi connectivity index (χ3n) is 3.70. The molecule has 4 nitrogen and oxygen atoms in total. The van der Waals surface area contributed by atoms with Crippen LogP contribution in [0, 0.1) is 5.41 Å². The molecule has 0 aromatic heterocycles. The van der Waals surface area contributed by atoms with Gasteiger partial charge < -0.3 is 4.90 Å². The average molecular weight is 337 g/mol. The van der Waals surface area contributed by atoms with Gasteiger partial charge in [-0.3, -0.25) is 15.1 Å². The van der Waals surface area contributed by atoms with Crippen molar-refractivity contribution in [2.24, 2.45) is 0 Å². The number of carbonyl (C=O) groups excluding carboxylic acids is 1. The van der Waals surface area contributed by atoms with Crippen molar-refractivity contribution in [1.82, 2.24) is 9.80 Å². The average Bonchev–Trinajstić information content (AvgIpc) is 2.84. The Morgan fingerprint density at radius 3 is 2.25 bits per heavy atom. The highest BCUT2D eigenvalue weighted by Crippen LogP contribution is 2.31. The second-order valence-electron chi connectivity index (χ2n) is 5.68. The summed E-state index contributed by atoms with van der Waals surface area (Å²) in [6.45, 7) is 1.16. The summed E-state index contributed by atoms with van der Waals surface area (Å²) in [5.41, 5.74) is 2.21. The first-order valence-corrected chi connectivity index (χ1v) is 8.53. The van der Waals surface area contributed by atoms with E-state index in [1.165, 1.54) is 22.2 Å². The Hall–Kier alpha value is -2.53. The first-order valence-electron chi connectivity index (χ1n) is 7.71. The smallest absolute Gasteiger partial charge is 0.268 e. The lowest BCUT2D eigenvalue weighted by molar-refractivity contribution is -0.122. The Labute approximate surface area is 146 Å². The van der Waals surface area contributed by atoms with Crippen LogP contribution in [0.25, 0.3) is 0 Å². The molecule has 0 bridgehead atoms. The molecule has 0 spiro atoms. The number of carbonyl (C=O) groups is 1. The van der Waals surface area contributed by atoms with Gasteiger partial charge in [-0.15, -0.1) is 0 Å². The molecular weight excluding hydrogens is 318 g/mol. The molecule has 1 saturated heterocycles. The number of nitrogens with zero attached hydrogens (tertiary/aromatic N) is 2. The van der Waals surface area contributed by atoms with E-state index in [4.69, 9.17) is 5.41 Å². The van der Waals surface area contributed by atoms with Gasteiger partial charge in [-0.05, 0) is 22.9 Å². The molecule has 0 atom stereocenters. The van der Waals surface area contributed by atoms with Crippen LogP contribution < -0.4 is 0 Å². The van der Waals surface area contributed by atoms with Crippen LogP contribution in [0.2, 0.25) is 0 Å². The number of amidine groups is 1. The monoisotopic (exact) mass is 337 g/mol. The van der Waals surface area contributed by atoms with Gasteiger partial charge in [0.25, 0.3) is 5.91 Å². The Balaban J connectivity index is 1.68. The van der Waals surface area contributed by atoms with Crippen molar-refractivity contribution >= 4 is 22.8 Å². The Kier molecular flexibility index (Phi) is 5.01. The fourth-order valence-corrected chi connectivity index (χ4v) is 3.43. The number of hydrogen-bond donors (Lipinski definition) is 1. The normalized spacial score (nSPS) is 16.0. The van der Waals surface area contributed by atoms with Gasteiger partial charge in [0.2, 0.25) is 0 Å². The van der Waals surface area contributed by atoms with E-state index in [-0.39, 0.29) is 11.1 Å². The minimum absolute atomic E-state index is 0.103. The van der Waals surface area contributed by atoms with Crippen LogP contribution in [0.15, 0.2) is 71.8 Å². The molecule has 0 aliphatic carbocycles. The van der Waals surface area contributed by atoms with E-state index in [0.717, 1.165) is 12.1 Å². The third-order valence-corrected chi connectivity index (χ3v) is 4.62. The van der Waals surface area contributed by atoms with Gasteiger partial charge >= 0.3 is 0 Å². The molecule has 5 heteroatoms. The fourth-order valence-electron chi connectivity index (χ4n) is 2.54. The van der Waals surface area contributed by atoms with Crippen LogP contribution in [0.3, 0.4) is 0 Å². The first-order chi connectivity index (χ1) is 11.6. The van der Waals surface area contributed by atoms with E-state index in [9.17, 15) is 4.79 Å². The molecule has 1 amide bonds. The molecule has 0 saturated carbocycles. The zero-order valence-electron chi connectivity index (χ0n) is 13.5. The van der Waals surface area contributed by atoms with Gasteiger partial charge in [0.15, 0.2) is 5.17 Å². The number of benzene rings is 2. The van der Waals surface area contributed by atoms with Crippen LogP contribution >= 0.6 is 11.8 Å². The van der Waals surface area contributed by atoms with Gasteiger partial charge in [-0.2, -0.15) is 0 Å². The lowest BCUT2D eigenvalue weighted by Gasteiger charge is -2.16. The van der Waals surface area contributed by atoms with Crippen LogP contribution in [-0.2, 0) is 17.9 Å². The van der Waals surface area contributed by atoms with E-state index < -0.39 is 0 Å². The summed E-state index contributed by atoms with van der Waals surface area (Å²) in [4.78, 5) is 16.7. The van der Waals surface area contributed by atoms with Gasteiger partial charge in [-0.25, -0.2) is 0 Å². The maximum atomic E-state index is 12.6. The lowest BCUT2D eigenvalue weighted by atomic mass is 10.2. The number of rotatable bonds is 5. The summed E-state index contributed by atoms with van der Waals surface area (Å²) in [6, 6.07) is 19.9. The van der Waals surface area contributed by atoms with Crippen molar-refractivity contribution in [1.29, 1.82) is 5.41 Å². The maximum Gasteiger partial charge on any atom is 0.268 e. The van der Waals surface area contributed by atoms with Crippen molar-refractivity contribution in [3.05, 3.63) is 82.9 Å². The fraction of sp³-hybridized carbons (Fsp3) is 0.158. The molecular formula is C19H19N3OS. The van der Waals surface area contributed by atoms with Crippen LogP contribution in [-0.4, -0.2) is 27.9 Å². The van der Waals surface area contributed by atoms with Crippen molar-refractivity contribution in [3.8, 4) is 0 Å². The highest BCUT2D eigenvalue weighted by molar-refractivity contribution is 8.18. The molecule has 1 N–H and O–H groups in total. The molecule has 0 radical (unpaired) electrons. The summed E-state index contributed by atoms with van der Waals surface area (Å²) in [5, 5.41) is 8.37. The molecule has 1 aliphatic rings. The van der Waals surface area contributed by atoms with E-state index in [1.807, 2.05) is 66.7 Å². The largest absolute Gasteiger partial charge is 0.375 e. The Bertz CT molecular complexity index is 759. The van der Waals surface area contributed by atoms with Crippen LogP contribution in [0.1, 0.15) is 11.1 Å². The molecule has 2 aromatic carbocycles. The number of amides is 1. The van der Waals surface area contributed by atoms with E-state index in [2.05, 4.69) is 12.1 Å². The number of hydrogen-bond acceptors (Lipinski definition) is 4. The minimum Gasteiger partial charge on any atom is -0.375 e. The quantitative estimate of drug-likeness (QED) is 0.847. The number of thioether (sulfide) groups is 1. The molecule has 1 aliphatic heterocycles. The molecule has 0 unspecified atom stereocenters. The van der Waals surface area contributed by atoms with Crippen molar-refractivity contribution in [2.75, 3.05) is 7.05 Å². The summed E-state index contributed by atoms with van der Waals surface area (Å²) in [6.07, 6.45) is 1.83.